The summed E-state index contributed by atoms with van der Waals surface area (Å²) in [6, 6.07) is 4.89. The van der Waals surface area contributed by atoms with Crippen molar-refractivity contribution >= 4 is 21.6 Å². The van der Waals surface area contributed by atoms with Crippen molar-refractivity contribution in [3.63, 3.8) is 0 Å². The van der Waals surface area contributed by atoms with Gasteiger partial charge in [-0.2, -0.15) is 0 Å². The Hall–Kier alpha value is -0.620. The normalized spacial score (nSPS) is 17.1. The van der Waals surface area contributed by atoms with Gasteiger partial charge in [0, 0.05) is 18.1 Å². The van der Waals surface area contributed by atoms with Gasteiger partial charge in [0.2, 0.25) is 10.0 Å². The van der Waals surface area contributed by atoms with Crippen molar-refractivity contribution in [1.82, 2.24) is 10.0 Å². The minimum absolute atomic E-state index is 0.141. The first-order valence-corrected chi connectivity index (χ1v) is 8.71. The van der Waals surface area contributed by atoms with Gasteiger partial charge in [-0.25, -0.2) is 13.1 Å². The predicted octanol–water partition coefficient (Wildman–Crippen LogP) is 2.53. The van der Waals surface area contributed by atoms with Crippen molar-refractivity contribution < 1.29 is 8.42 Å². The highest BCUT2D eigenvalue weighted by Gasteiger charge is 2.38. The second kappa shape index (κ2) is 6.02. The van der Waals surface area contributed by atoms with E-state index in [0.29, 0.717) is 18.1 Å². The zero-order chi connectivity index (χ0) is 14.8. The highest BCUT2D eigenvalue weighted by atomic mass is 35.5. The summed E-state index contributed by atoms with van der Waals surface area (Å²) in [4.78, 5) is 0.229. The third-order valence-electron chi connectivity index (χ3n) is 3.69. The lowest BCUT2D eigenvalue weighted by Gasteiger charge is -2.12. The molecule has 1 aliphatic rings. The number of halogens is 1. The van der Waals surface area contributed by atoms with E-state index in [2.05, 4.69) is 17.0 Å². The zero-order valence-corrected chi connectivity index (χ0v) is 13.4. The second-order valence-electron chi connectivity index (χ2n) is 5.67. The van der Waals surface area contributed by atoms with Crippen LogP contribution < -0.4 is 10.0 Å². The molecule has 1 saturated carbocycles. The fraction of sp³-hybridized carbons (Fsp3) is 0.571. The molecule has 1 fully saturated rings. The number of benzene rings is 1. The van der Waals surface area contributed by atoms with Gasteiger partial charge in [0.1, 0.15) is 0 Å². The molecule has 0 saturated heterocycles. The second-order valence-corrected chi connectivity index (χ2v) is 7.84. The third-order valence-corrected chi connectivity index (χ3v) is 5.44. The third kappa shape index (κ3) is 3.95. The number of sulfonamides is 1. The standard InChI is InChI=1S/C14H21ClN2O2S/c1-3-16-9-11-4-5-12(8-13(11)15)20(18,19)17-10-14(2)6-7-14/h4-5,8,16-17H,3,6-7,9-10H2,1-2H3. The molecule has 2 rings (SSSR count). The van der Waals surface area contributed by atoms with Crippen LogP contribution in [-0.4, -0.2) is 21.5 Å². The lowest BCUT2D eigenvalue weighted by atomic mass is 10.2. The SMILES string of the molecule is CCNCc1ccc(S(=O)(=O)NCC2(C)CC2)cc1Cl. The molecule has 0 aliphatic heterocycles. The van der Waals surface area contributed by atoms with Gasteiger partial charge in [-0.15, -0.1) is 0 Å². The highest BCUT2D eigenvalue weighted by Crippen LogP contribution is 2.44. The van der Waals surface area contributed by atoms with E-state index < -0.39 is 10.0 Å². The smallest absolute Gasteiger partial charge is 0.240 e. The molecule has 1 aromatic carbocycles. The molecule has 0 heterocycles. The molecule has 0 radical (unpaired) electrons. The Labute approximate surface area is 126 Å². The van der Waals surface area contributed by atoms with Crippen molar-refractivity contribution in [2.75, 3.05) is 13.1 Å². The summed E-state index contributed by atoms with van der Waals surface area (Å²) < 4.78 is 27.1. The van der Waals surface area contributed by atoms with Crippen molar-refractivity contribution in [2.24, 2.45) is 5.41 Å². The maximum Gasteiger partial charge on any atom is 0.240 e. The van der Waals surface area contributed by atoms with Gasteiger partial charge in [-0.05, 0) is 42.5 Å². The molecule has 4 nitrogen and oxygen atoms in total. The quantitative estimate of drug-likeness (QED) is 0.812. The van der Waals surface area contributed by atoms with Crippen LogP contribution in [0.25, 0.3) is 0 Å². The van der Waals surface area contributed by atoms with Crippen molar-refractivity contribution in [3.05, 3.63) is 28.8 Å². The molecule has 0 aromatic heterocycles. The molecule has 112 valence electrons. The monoisotopic (exact) mass is 316 g/mol. The molecule has 1 aliphatic carbocycles. The van der Waals surface area contributed by atoms with Crippen LogP contribution in [0.1, 0.15) is 32.3 Å². The molecule has 20 heavy (non-hydrogen) atoms. The number of nitrogens with one attached hydrogen (secondary N) is 2. The minimum atomic E-state index is -3.47. The van der Waals surface area contributed by atoms with E-state index in [1.165, 1.54) is 6.07 Å². The maximum absolute atomic E-state index is 12.2. The van der Waals surface area contributed by atoms with Gasteiger partial charge in [-0.3, -0.25) is 0 Å². The molecule has 2 N–H and O–H groups in total. The number of hydrogen-bond acceptors (Lipinski definition) is 3. The first-order chi connectivity index (χ1) is 9.36. The van der Waals surface area contributed by atoms with Crippen molar-refractivity contribution in [1.29, 1.82) is 0 Å². The van der Waals surface area contributed by atoms with Gasteiger partial charge >= 0.3 is 0 Å². The summed E-state index contributed by atoms with van der Waals surface area (Å²) in [6.45, 7) is 6.07. The first kappa shape index (κ1) is 15.8. The van der Waals surface area contributed by atoms with Gasteiger partial charge in [0.25, 0.3) is 0 Å². The lowest BCUT2D eigenvalue weighted by molar-refractivity contribution is 0.530. The molecule has 0 unspecified atom stereocenters. The lowest BCUT2D eigenvalue weighted by Crippen LogP contribution is -2.29. The van der Waals surface area contributed by atoms with Crippen LogP contribution in [0.2, 0.25) is 5.02 Å². The van der Waals surface area contributed by atoms with Crippen LogP contribution in [0.3, 0.4) is 0 Å². The molecular formula is C14H21ClN2O2S. The van der Waals surface area contributed by atoms with E-state index in [4.69, 9.17) is 11.6 Å². The number of rotatable bonds is 7. The number of hydrogen-bond donors (Lipinski definition) is 2. The molecule has 0 atom stereocenters. The Kier molecular flexibility index (Phi) is 4.74. The summed E-state index contributed by atoms with van der Waals surface area (Å²) in [5.41, 5.74) is 1.05. The molecule has 0 amide bonds. The van der Waals surface area contributed by atoms with Crippen LogP contribution in [0, 0.1) is 5.41 Å². The van der Waals surface area contributed by atoms with Gasteiger partial charge in [0.15, 0.2) is 0 Å². The Morgan fingerprint density at radius 2 is 2.05 bits per heavy atom. The fourth-order valence-electron chi connectivity index (χ4n) is 1.84. The molecule has 6 heteroatoms. The average molecular weight is 317 g/mol. The molecule has 0 spiro atoms. The minimum Gasteiger partial charge on any atom is -0.313 e. The molecule has 1 aromatic rings. The van der Waals surface area contributed by atoms with Crippen LogP contribution in [-0.2, 0) is 16.6 Å². The summed E-state index contributed by atoms with van der Waals surface area (Å²) >= 11 is 6.14. The van der Waals surface area contributed by atoms with Crippen LogP contribution >= 0.6 is 11.6 Å². The van der Waals surface area contributed by atoms with E-state index in [-0.39, 0.29) is 10.3 Å². The predicted molar refractivity (Wildman–Crippen MR) is 81.4 cm³/mol. The van der Waals surface area contributed by atoms with Crippen LogP contribution in [0.5, 0.6) is 0 Å². The van der Waals surface area contributed by atoms with E-state index in [9.17, 15) is 8.42 Å². The Morgan fingerprint density at radius 1 is 1.35 bits per heavy atom. The van der Waals surface area contributed by atoms with E-state index in [1.54, 1.807) is 12.1 Å². The van der Waals surface area contributed by atoms with Crippen molar-refractivity contribution in [2.45, 2.75) is 38.1 Å². The van der Waals surface area contributed by atoms with E-state index >= 15 is 0 Å². The van der Waals surface area contributed by atoms with Crippen LogP contribution in [0.15, 0.2) is 23.1 Å². The zero-order valence-electron chi connectivity index (χ0n) is 11.9. The van der Waals surface area contributed by atoms with Crippen LogP contribution in [0.4, 0.5) is 0 Å². The molecular weight excluding hydrogens is 296 g/mol. The summed E-state index contributed by atoms with van der Waals surface area (Å²) in [6.07, 6.45) is 2.16. The highest BCUT2D eigenvalue weighted by molar-refractivity contribution is 7.89. The van der Waals surface area contributed by atoms with Gasteiger partial charge < -0.3 is 5.32 Å². The maximum atomic E-state index is 12.2. The average Bonchev–Trinajstić information content (AvgIpc) is 3.14. The first-order valence-electron chi connectivity index (χ1n) is 6.85. The summed E-state index contributed by atoms with van der Waals surface area (Å²) in [7, 11) is -3.47. The fourth-order valence-corrected chi connectivity index (χ4v) is 3.38. The summed E-state index contributed by atoms with van der Waals surface area (Å²) in [5.74, 6) is 0. The van der Waals surface area contributed by atoms with Crippen molar-refractivity contribution in [3.8, 4) is 0 Å². The largest absolute Gasteiger partial charge is 0.313 e. The Balaban J connectivity index is 2.09. The molecule has 0 bridgehead atoms. The van der Waals surface area contributed by atoms with Gasteiger partial charge in [0.05, 0.1) is 4.90 Å². The topological polar surface area (TPSA) is 58.2 Å². The Bertz CT molecular complexity index is 583. The van der Waals surface area contributed by atoms with Gasteiger partial charge in [-0.1, -0.05) is 31.5 Å². The van der Waals surface area contributed by atoms with E-state index in [0.717, 1.165) is 24.9 Å². The van der Waals surface area contributed by atoms with E-state index in [1.807, 2.05) is 6.92 Å². The Morgan fingerprint density at radius 3 is 2.60 bits per heavy atom. The summed E-state index contributed by atoms with van der Waals surface area (Å²) in [5, 5.41) is 3.65.